The summed E-state index contributed by atoms with van der Waals surface area (Å²) in [4.78, 5) is 39.7. The standard InChI is InChI=1S/C19H35N5O3/c1-13(2)22-18(26)14-5-9-23(10-6-14)15-7-11-24(12-8-15)19(27)16(20)3-4-17(21)25/h13-16H,3-12,20H2,1-2H3,(H2,21,25)(H,22,26)/t16-/m0/s1. The molecule has 2 fully saturated rings. The molecule has 2 rings (SSSR count). The summed E-state index contributed by atoms with van der Waals surface area (Å²) in [7, 11) is 0. The summed E-state index contributed by atoms with van der Waals surface area (Å²) in [5.41, 5.74) is 11.0. The van der Waals surface area contributed by atoms with Crippen molar-refractivity contribution in [2.45, 2.75) is 70.5 Å². The smallest absolute Gasteiger partial charge is 0.239 e. The highest BCUT2D eigenvalue weighted by Gasteiger charge is 2.32. The summed E-state index contributed by atoms with van der Waals surface area (Å²) in [6.45, 7) is 7.24. The molecule has 2 saturated heterocycles. The molecule has 0 aromatic carbocycles. The van der Waals surface area contributed by atoms with Crippen LogP contribution in [-0.4, -0.2) is 71.8 Å². The first-order valence-corrected chi connectivity index (χ1v) is 10.1. The lowest BCUT2D eigenvalue weighted by Crippen LogP contribution is -2.53. The van der Waals surface area contributed by atoms with Crippen LogP contribution in [-0.2, 0) is 14.4 Å². The van der Waals surface area contributed by atoms with Crippen molar-refractivity contribution in [2.75, 3.05) is 26.2 Å². The fourth-order valence-corrected chi connectivity index (χ4v) is 4.04. The molecule has 0 bridgehead atoms. The molecule has 0 aromatic heterocycles. The summed E-state index contributed by atoms with van der Waals surface area (Å²) >= 11 is 0. The Morgan fingerprint density at radius 1 is 1.04 bits per heavy atom. The summed E-state index contributed by atoms with van der Waals surface area (Å²) in [5.74, 6) is -0.218. The molecule has 3 amide bonds. The van der Waals surface area contributed by atoms with E-state index in [0.29, 0.717) is 25.6 Å². The molecule has 154 valence electrons. The molecule has 8 heteroatoms. The average Bonchev–Trinajstić information content (AvgIpc) is 2.65. The fourth-order valence-electron chi connectivity index (χ4n) is 4.04. The lowest BCUT2D eigenvalue weighted by molar-refractivity contribution is -0.135. The lowest BCUT2D eigenvalue weighted by Gasteiger charge is -2.42. The van der Waals surface area contributed by atoms with Crippen LogP contribution in [0.3, 0.4) is 0 Å². The summed E-state index contributed by atoms with van der Waals surface area (Å²) < 4.78 is 0. The molecule has 0 saturated carbocycles. The van der Waals surface area contributed by atoms with Gasteiger partial charge >= 0.3 is 0 Å². The van der Waals surface area contributed by atoms with Crippen LogP contribution >= 0.6 is 0 Å². The Bertz CT molecular complexity index is 523. The number of primary amides is 1. The summed E-state index contributed by atoms with van der Waals surface area (Å²) in [5, 5.41) is 3.01. The van der Waals surface area contributed by atoms with Gasteiger partial charge in [0.05, 0.1) is 6.04 Å². The van der Waals surface area contributed by atoms with Gasteiger partial charge in [-0.2, -0.15) is 0 Å². The summed E-state index contributed by atoms with van der Waals surface area (Å²) in [6, 6.07) is 0.000932. The van der Waals surface area contributed by atoms with Gasteiger partial charge in [0.1, 0.15) is 0 Å². The zero-order chi connectivity index (χ0) is 20.0. The third-order valence-electron chi connectivity index (χ3n) is 5.64. The Labute approximate surface area is 162 Å². The number of piperidine rings is 2. The first-order chi connectivity index (χ1) is 12.8. The average molecular weight is 382 g/mol. The highest BCUT2D eigenvalue weighted by molar-refractivity contribution is 5.83. The zero-order valence-corrected chi connectivity index (χ0v) is 16.7. The van der Waals surface area contributed by atoms with Gasteiger partial charge in [-0.1, -0.05) is 0 Å². The molecular weight excluding hydrogens is 346 g/mol. The minimum atomic E-state index is -0.649. The number of hydrogen-bond donors (Lipinski definition) is 3. The largest absolute Gasteiger partial charge is 0.370 e. The number of likely N-dealkylation sites (tertiary alicyclic amines) is 2. The molecule has 0 unspecified atom stereocenters. The van der Waals surface area contributed by atoms with Gasteiger partial charge in [0.25, 0.3) is 0 Å². The first kappa shape index (κ1) is 21.6. The third-order valence-corrected chi connectivity index (χ3v) is 5.64. The van der Waals surface area contributed by atoms with E-state index in [2.05, 4.69) is 10.2 Å². The number of hydrogen-bond acceptors (Lipinski definition) is 5. The minimum Gasteiger partial charge on any atom is -0.370 e. The third kappa shape index (κ3) is 6.46. The molecule has 2 heterocycles. The predicted molar refractivity (Wildman–Crippen MR) is 104 cm³/mol. The van der Waals surface area contributed by atoms with Crippen LogP contribution in [0.1, 0.15) is 52.4 Å². The zero-order valence-electron chi connectivity index (χ0n) is 16.7. The van der Waals surface area contributed by atoms with Crippen LogP contribution in [0.5, 0.6) is 0 Å². The Morgan fingerprint density at radius 3 is 2.15 bits per heavy atom. The maximum Gasteiger partial charge on any atom is 0.239 e. The van der Waals surface area contributed by atoms with E-state index in [1.165, 1.54) is 0 Å². The van der Waals surface area contributed by atoms with E-state index >= 15 is 0 Å². The van der Waals surface area contributed by atoms with E-state index < -0.39 is 11.9 Å². The molecule has 1 atom stereocenters. The van der Waals surface area contributed by atoms with E-state index in [4.69, 9.17) is 11.5 Å². The topological polar surface area (TPSA) is 122 Å². The number of amides is 3. The monoisotopic (exact) mass is 381 g/mol. The van der Waals surface area contributed by atoms with E-state index in [0.717, 1.165) is 38.8 Å². The normalized spacial score (nSPS) is 21.3. The van der Waals surface area contributed by atoms with E-state index in [1.54, 1.807) is 0 Å². The second-order valence-electron chi connectivity index (χ2n) is 8.14. The minimum absolute atomic E-state index is 0.0845. The second kappa shape index (κ2) is 10.0. The van der Waals surface area contributed by atoms with Crippen molar-refractivity contribution in [3.8, 4) is 0 Å². The molecule has 8 nitrogen and oxygen atoms in total. The SMILES string of the molecule is CC(C)NC(=O)C1CCN(C2CCN(C(=O)[C@@H](N)CCC(N)=O)CC2)CC1. The van der Waals surface area contributed by atoms with Crippen LogP contribution in [0.25, 0.3) is 0 Å². The maximum absolute atomic E-state index is 12.4. The number of carbonyl (C=O) groups is 3. The summed E-state index contributed by atoms with van der Waals surface area (Å²) in [6.07, 6.45) is 4.10. The molecule has 0 aliphatic carbocycles. The van der Waals surface area contributed by atoms with Crippen LogP contribution in [0.2, 0.25) is 0 Å². The van der Waals surface area contributed by atoms with Crippen molar-refractivity contribution in [2.24, 2.45) is 17.4 Å². The van der Waals surface area contributed by atoms with E-state index in [-0.39, 0.29) is 30.2 Å². The molecule has 0 spiro atoms. The number of nitrogens with zero attached hydrogens (tertiary/aromatic N) is 2. The van der Waals surface area contributed by atoms with Crippen molar-refractivity contribution < 1.29 is 14.4 Å². The highest BCUT2D eigenvalue weighted by Crippen LogP contribution is 2.24. The molecule has 5 N–H and O–H groups in total. The Hall–Kier alpha value is -1.67. The molecular formula is C19H35N5O3. The van der Waals surface area contributed by atoms with Gasteiger partial charge in [-0.15, -0.1) is 0 Å². The van der Waals surface area contributed by atoms with Gasteiger partial charge < -0.3 is 26.6 Å². The Morgan fingerprint density at radius 2 is 1.63 bits per heavy atom. The van der Waals surface area contributed by atoms with Crippen molar-refractivity contribution in [1.82, 2.24) is 15.1 Å². The van der Waals surface area contributed by atoms with Crippen molar-refractivity contribution >= 4 is 17.7 Å². The first-order valence-electron chi connectivity index (χ1n) is 10.1. The molecule has 0 aromatic rings. The fraction of sp³-hybridized carbons (Fsp3) is 0.842. The molecule has 0 radical (unpaired) electrons. The number of nitrogens with two attached hydrogens (primary N) is 2. The van der Waals surface area contributed by atoms with Gasteiger partial charge in [0.2, 0.25) is 17.7 Å². The van der Waals surface area contributed by atoms with Crippen LogP contribution in [0.4, 0.5) is 0 Å². The highest BCUT2D eigenvalue weighted by atomic mass is 16.2. The number of nitrogens with one attached hydrogen (secondary N) is 1. The van der Waals surface area contributed by atoms with E-state index in [9.17, 15) is 14.4 Å². The van der Waals surface area contributed by atoms with Gasteiger partial charge in [-0.3, -0.25) is 14.4 Å². The van der Waals surface area contributed by atoms with Crippen LogP contribution in [0, 0.1) is 5.92 Å². The van der Waals surface area contributed by atoms with Gasteiger partial charge in [-0.05, 0) is 59.0 Å². The second-order valence-corrected chi connectivity index (χ2v) is 8.14. The van der Waals surface area contributed by atoms with Crippen molar-refractivity contribution in [1.29, 1.82) is 0 Å². The van der Waals surface area contributed by atoms with Crippen molar-refractivity contribution in [3.05, 3.63) is 0 Å². The van der Waals surface area contributed by atoms with Crippen LogP contribution in [0.15, 0.2) is 0 Å². The number of carbonyl (C=O) groups excluding carboxylic acids is 3. The lowest BCUT2D eigenvalue weighted by atomic mass is 9.92. The quantitative estimate of drug-likeness (QED) is 0.564. The Balaban J connectivity index is 1.72. The molecule has 2 aliphatic rings. The number of rotatable bonds is 7. The Kier molecular flexibility index (Phi) is 8.04. The van der Waals surface area contributed by atoms with Gasteiger partial charge in [0, 0.05) is 37.5 Å². The predicted octanol–water partition coefficient (Wildman–Crippen LogP) is -0.193. The van der Waals surface area contributed by atoms with Gasteiger partial charge in [0.15, 0.2) is 0 Å². The molecule has 27 heavy (non-hydrogen) atoms. The molecule has 2 aliphatic heterocycles. The van der Waals surface area contributed by atoms with Crippen molar-refractivity contribution in [3.63, 3.8) is 0 Å². The van der Waals surface area contributed by atoms with E-state index in [1.807, 2.05) is 18.7 Å². The van der Waals surface area contributed by atoms with Crippen LogP contribution < -0.4 is 16.8 Å². The maximum atomic E-state index is 12.4. The van der Waals surface area contributed by atoms with Gasteiger partial charge in [-0.25, -0.2) is 0 Å².